The maximum atomic E-state index is 13.6. The van der Waals surface area contributed by atoms with Gasteiger partial charge in [-0.05, 0) is 55.3 Å². The number of aromatic nitrogens is 4. The summed E-state index contributed by atoms with van der Waals surface area (Å²) in [5.74, 6) is 0.206. The molecule has 0 bridgehead atoms. The second-order valence-electron chi connectivity index (χ2n) is 7.09. The number of rotatable bonds is 7. The number of sulfonamides is 1. The third kappa shape index (κ3) is 4.57. The fraction of sp³-hybridized carbons (Fsp3) is 0.190. The minimum absolute atomic E-state index is 0.0299. The van der Waals surface area contributed by atoms with Crippen LogP contribution < -0.4 is 9.46 Å². The molecule has 4 aromatic rings. The van der Waals surface area contributed by atoms with E-state index in [9.17, 15) is 12.8 Å². The molecule has 0 aliphatic carbocycles. The van der Waals surface area contributed by atoms with E-state index in [4.69, 9.17) is 16.3 Å². The summed E-state index contributed by atoms with van der Waals surface area (Å²) in [7, 11) is -3.73. The van der Waals surface area contributed by atoms with Gasteiger partial charge in [0.05, 0.1) is 4.90 Å². The lowest BCUT2D eigenvalue weighted by molar-refractivity contribution is 0.306. The van der Waals surface area contributed by atoms with Crippen LogP contribution in [0.1, 0.15) is 11.1 Å². The maximum absolute atomic E-state index is 13.6. The Balaban J connectivity index is 1.45. The summed E-state index contributed by atoms with van der Waals surface area (Å²) in [6.45, 7) is 3.50. The lowest BCUT2D eigenvalue weighted by atomic mass is 10.2. The molecule has 0 amide bonds. The van der Waals surface area contributed by atoms with Crippen molar-refractivity contribution in [3.8, 4) is 17.3 Å². The topological polar surface area (TPSA) is 98.5 Å². The van der Waals surface area contributed by atoms with E-state index in [0.29, 0.717) is 33.2 Å². The molecule has 1 N–H and O–H groups in total. The van der Waals surface area contributed by atoms with E-state index in [-0.39, 0.29) is 23.9 Å². The second kappa shape index (κ2) is 8.81. The summed E-state index contributed by atoms with van der Waals surface area (Å²) in [5.41, 5.74) is 2.21. The van der Waals surface area contributed by atoms with Crippen molar-refractivity contribution in [3.63, 3.8) is 0 Å². The highest BCUT2D eigenvalue weighted by molar-refractivity contribution is 7.89. The third-order valence-corrected chi connectivity index (χ3v) is 6.72. The zero-order chi connectivity index (χ0) is 22.9. The van der Waals surface area contributed by atoms with Crippen molar-refractivity contribution in [2.24, 2.45) is 0 Å². The average Bonchev–Trinajstić information content (AvgIpc) is 3.17. The summed E-state index contributed by atoms with van der Waals surface area (Å²) in [6.07, 6.45) is 0. The van der Waals surface area contributed by atoms with Crippen LogP contribution in [0.4, 0.5) is 4.39 Å². The Morgan fingerprint density at radius 2 is 1.91 bits per heavy atom. The monoisotopic (exact) mass is 475 g/mol. The summed E-state index contributed by atoms with van der Waals surface area (Å²) in [6, 6.07) is 12.4. The first kappa shape index (κ1) is 22.1. The van der Waals surface area contributed by atoms with Crippen LogP contribution in [-0.2, 0) is 10.0 Å². The van der Waals surface area contributed by atoms with Crippen molar-refractivity contribution in [2.45, 2.75) is 18.7 Å². The Hall–Kier alpha value is -3.08. The van der Waals surface area contributed by atoms with Gasteiger partial charge in [-0.1, -0.05) is 23.7 Å². The molecule has 0 saturated carbocycles. The van der Waals surface area contributed by atoms with Gasteiger partial charge in [0.1, 0.15) is 12.4 Å². The Labute approximate surface area is 189 Å². The number of hydrogen-bond acceptors (Lipinski definition) is 6. The number of nitrogens with one attached hydrogen (secondary N) is 1. The third-order valence-electron chi connectivity index (χ3n) is 4.71. The Morgan fingerprint density at radius 1 is 1.09 bits per heavy atom. The van der Waals surface area contributed by atoms with Crippen molar-refractivity contribution in [1.82, 2.24) is 24.5 Å². The molecule has 0 atom stereocenters. The van der Waals surface area contributed by atoms with Crippen molar-refractivity contribution >= 4 is 27.3 Å². The standard InChI is InChI=1S/C21H19ClFN5O3S/c1-13-11-18(14(2)10-17(13)22)32(29,30)24-8-9-31-20-7-6-19-25-26-21(28(19)27-20)15-4-3-5-16(23)12-15/h3-7,10-12,24H,8-9H2,1-2H3. The number of hydrogen-bond donors (Lipinski definition) is 1. The number of ether oxygens (including phenoxy) is 1. The van der Waals surface area contributed by atoms with Gasteiger partial charge < -0.3 is 4.74 Å². The molecule has 4 rings (SSSR count). The Kier molecular flexibility index (Phi) is 6.09. The van der Waals surface area contributed by atoms with E-state index in [1.165, 1.54) is 22.7 Å². The lowest BCUT2D eigenvalue weighted by Crippen LogP contribution is -2.29. The zero-order valence-electron chi connectivity index (χ0n) is 17.2. The predicted octanol–water partition coefficient (Wildman–Crippen LogP) is 3.56. The molecule has 0 unspecified atom stereocenters. The van der Waals surface area contributed by atoms with Crippen molar-refractivity contribution in [2.75, 3.05) is 13.2 Å². The minimum Gasteiger partial charge on any atom is -0.475 e. The highest BCUT2D eigenvalue weighted by Gasteiger charge is 2.18. The van der Waals surface area contributed by atoms with Crippen LogP contribution in [0.5, 0.6) is 5.88 Å². The van der Waals surface area contributed by atoms with Crippen LogP contribution in [0, 0.1) is 19.7 Å². The molecule has 0 radical (unpaired) electrons. The molecule has 8 nitrogen and oxygen atoms in total. The first-order valence-electron chi connectivity index (χ1n) is 9.62. The van der Waals surface area contributed by atoms with Gasteiger partial charge >= 0.3 is 0 Å². The second-order valence-corrected chi connectivity index (χ2v) is 9.23. The molecule has 2 aromatic heterocycles. The zero-order valence-corrected chi connectivity index (χ0v) is 18.8. The largest absolute Gasteiger partial charge is 0.475 e. The molecule has 0 aliphatic heterocycles. The normalized spacial score (nSPS) is 11.8. The predicted molar refractivity (Wildman–Crippen MR) is 118 cm³/mol. The summed E-state index contributed by atoms with van der Waals surface area (Å²) < 4.78 is 48.3. The molecule has 0 saturated heterocycles. The fourth-order valence-corrected chi connectivity index (χ4v) is 4.65. The Morgan fingerprint density at radius 3 is 2.69 bits per heavy atom. The van der Waals surface area contributed by atoms with Gasteiger partial charge in [0.2, 0.25) is 15.9 Å². The van der Waals surface area contributed by atoms with Gasteiger partial charge in [-0.2, -0.15) is 4.52 Å². The fourth-order valence-electron chi connectivity index (χ4n) is 3.11. The minimum atomic E-state index is -3.73. The highest BCUT2D eigenvalue weighted by Crippen LogP contribution is 2.24. The smallest absolute Gasteiger partial charge is 0.240 e. The SMILES string of the molecule is Cc1cc(S(=O)(=O)NCCOc2ccc3nnc(-c4cccc(F)c4)n3n2)c(C)cc1Cl. The molecule has 11 heteroatoms. The molecule has 0 aliphatic rings. The van der Waals surface area contributed by atoms with E-state index < -0.39 is 15.8 Å². The van der Waals surface area contributed by atoms with E-state index >= 15 is 0 Å². The molecule has 0 fully saturated rings. The molecular weight excluding hydrogens is 457 g/mol. The summed E-state index contributed by atoms with van der Waals surface area (Å²) in [4.78, 5) is 0.170. The van der Waals surface area contributed by atoms with Gasteiger partial charge in [0.25, 0.3) is 0 Å². The number of benzene rings is 2. The van der Waals surface area contributed by atoms with Crippen LogP contribution >= 0.6 is 11.6 Å². The van der Waals surface area contributed by atoms with Crippen LogP contribution in [-0.4, -0.2) is 41.4 Å². The summed E-state index contributed by atoms with van der Waals surface area (Å²) in [5, 5.41) is 12.9. The molecule has 32 heavy (non-hydrogen) atoms. The lowest BCUT2D eigenvalue weighted by Gasteiger charge is -2.11. The molecule has 166 valence electrons. The summed E-state index contributed by atoms with van der Waals surface area (Å²) >= 11 is 6.05. The van der Waals surface area contributed by atoms with Crippen molar-refractivity contribution in [3.05, 3.63) is 70.5 Å². The maximum Gasteiger partial charge on any atom is 0.240 e. The first-order valence-corrected chi connectivity index (χ1v) is 11.5. The van der Waals surface area contributed by atoms with E-state index in [0.717, 1.165) is 0 Å². The van der Waals surface area contributed by atoms with Crippen LogP contribution in [0.25, 0.3) is 17.0 Å². The molecule has 2 aromatic carbocycles. The molecule has 2 heterocycles. The number of nitrogens with zero attached hydrogens (tertiary/aromatic N) is 4. The van der Waals surface area contributed by atoms with Crippen LogP contribution in [0.15, 0.2) is 53.4 Å². The van der Waals surface area contributed by atoms with Gasteiger partial charge in [-0.3, -0.25) is 0 Å². The molecule has 0 spiro atoms. The van der Waals surface area contributed by atoms with Crippen LogP contribution in [0.2, 0.25) is 5.02 Å². The number of halogens is 2. The van der Waals surface area contributed by atoms with E-state index in [1.807, 2.05) is 0 Å². The van der Waals surface area contributed by atoms with E-state index in [1.54, 1.807) is 44.2 Å². The average molecular weight is 476 g/mol. The van der Waals surface area contributed by atoms with Gasteiger partial charge in [0, 0.05) is 23.2 Å². The number of aryl methyl sites for hydroxylation is 2. The van der Waals surface area contributed by atoms with Gasteiger partial charge in [0.15, 0.2) is 11.5 Å². The first-order chi connectivity index (χ1) is 15.2. The van der Waals surface area contributed by atoms with Crippen molar-refractivity contribution in [1.29, 1.82) is 0 Å². The Bertz CT molecular complexity index is 1410. The quantitative estimate of drug-likeness (QED) is 0.410. The van der Waals surface area contributed by atoms with Gasteiger partial charge in [-0.15, -0.1) is 15.3 Å². The van der Waals surface area contributed by atoms with E-state index in [2.05, 4.69) is 20.0 Å². The van der Waals surface area contributed by atoms with Crippen LogP contribution in [0.3, 0.4) is 0 Å². The van der Waals surface area contributed by atoms with Crippen molar-refractivity contribution < 1.29 is 17.5 Å². The number of fused-ring (bicyclic) bond motifs is 1. The van der Waals surface area contributed by atoms with Gasteiger partial charge in [-0.25, -0.2) is 17.5 Å². The molecular formula is C21H19ClFN5O3S. The highest BCUT2D eigenvalue weighted by atomic mass is 35.5.